The number of hydrogen-bond donors (Lipinski definition) is 1. The Balaban J connectivity index is 2.45. The maximum atomic E-state index is 12.1. The zero-order valence-electron chi connectivity index (χ0n) is 11.3. The Kier molecular flexibility index (Phi) is 4.04. The van der Waals surface area contributed by atoms with Gasteiger partial charge in [-0.05, 0) is 18.2 Å². The third kappa shape index (κ3) is 2.78. The molecule has 1 aromatic rings. The zero-order valence-corrected chi connectivity index (χ0v) is 12.0. The number of fused-ring (bicyclic) bond motifs is 1. The van der Waals surface area contributed by atoms with Gasteiger partial charge in [0.1, 0.15) is 6.42 Å². The number of esters is 3. The fourth-order valence-electron chi connectivity index (χ4n) is 1.94. The number of cyclic esters (lactones) is 1. The van der Waals surface area contributed by atoms with E-state index >= 15 is 0 Å². The molecule has 0 saturated carbocycles. The number of nitrogens with one attached hydrogen (secondary N) is 1. The van der Waals surface area contributed by atoms with Gasteiger partial charge in [-0.1, -0.05) is 11.6 Å². The Morgan fingerprint density at radius 1 is 1.33 bits per heavy atom. The minimum absolute atomic E-state index is 0.159. The van der Waals surface area contributed by atoms with Crippen LogP contribution in [0.2, 0.25) is 5.02 Å². The van der Waals surface area contributed by atoms with Crippen molar-refractivity contribution in [2.45, 2.75) is 12.1 Å². The van der Waals surface area contributed by atoms with E-state index in [9.17, 15) is 14.4 Å². The Hall–Kier alpha value is -2.28. The van der Waals surface area contributed by atoms with Crippen LogP contribution in [-0.2, 0) is 23.8 Å². The van der Waals surface area contributed by atoms with E-state index in [0.29, 0.717) is 10.7 Å². The van der Waals surface area contributed by atoms with Gasteiger partial charge in [0.15, 0.2) is 0 Å². The van der Waals surface area contributed by atoms with Crippen LogP contribution < -0.4 is 5.32 Å². The molecule has 1 N–H and O–H groups in total. The van der Waals surface area contributed by atoms with Crippen LogP contribution in [0, 0.1) is 0 Å². The number of carbonyl (C=O) groups excluding carboxylic acids is 3. The largest absolute Gasteiger partial charge is 0.469 e. The normalized spacial score (nSPS) is 19.9. The molecule has 0 spiro atoms. The Labute approximate surface area is 125 Å². The summed E-state index contributed by atoms with van der Waals surface area (Å²) in [5, 5.41) is 3.05. The van der Waals surface area contributed by atoms with Crippen molar-refractivity contribution in [3.05, 3.63) is 28.8 Å². The van der Waals surface area contributed by atoms with Crippen LogP contribution >= 0.6 is 11.6 Å². The molecule has 1 aromatic carbocycles. The highest BCUT2D eigenvalue weighted by atomic mass is 35.5. The summed E-state index contributed by atoms with van der Waals surface area (Å²) in [5.41, 5.74) is -1.49. The SMILES string of the molecule is COC(=O)CC1(C(=O)OC)Nc2ccc(Cl)cc2C(=O)O1. The quantitative estimate of drug-likeness (QED) is 0.665. The second kappa shape index (κ2) is 5.61. The molecule has 0 saturated heterocycles. The van der Waals surface area contributed by atoms with Gasteiger partial charge in [0.05, 0.1) is 25.5 Å². The van der Waals surface area contributed by atoms with E-state index in [0.717, 1.165) is 14.2 Å². The third-order valence-electron chi connectivity index (χ3n) is 2.94. The first-order valence-corrected chi connectivity index (χ1v) is 6.26. The van der Waals surface area contributed by atoms with Crippen LogP contribution in [0.4, 0.5) is 5.69 Å². The van der Waals surface area contributed by atoms with E-state index in [1.165, 1.54) is 18.2 Å². The van der Waals surface area contributed by atoms with Crippen molar-refractivity contribution in [3.63, 3.8) is 0 Å². The lowest BCUT2D eigenvalue weighted by Gasteiger charge is -2.35. The summed E-state index contributed by atoms with van der Waals surface area (Å²) in [6.45, 7) is 0. The summed E-state index contributed by atoms with van der Waals surface area (Å²) in [5.74, 6) is -2.44. The van der Waals surface area contributed by atoms with Crippen molar-refractivity contribution in [2.75, 3.05) is 19.5 Å². The highest BCUT2D eigenvalue weighted by molar-refractivity contribution is 6.31. The van der Waals surface area contributed by atoms with Crippen molar-refractivity contribution < 1.29 is 28.6 Å². The van der Waals surface area contributed by atoms with Gasteiger partial charge in [0.25, 0.3) is 5.72 Å². The van der Waals surface area contributed by atoms with Crippen molar-refractivity contribution in [2.24, 2.45) is 0 Å². The van der Waals surface area contributed by atoms with Crippen LogP contribution in [0.3, 0.4) is 0 Å². The fourth-order valence-corrected chi connectivity index (χ4v) is 2.11. The lowest BCUT2D eigenvalue weighted by atomic mass is 10.0. The first-order chi connectivity index (χ1) is 9.91. The van der Waals surface area contributed by atoms with Gasteiger partial charge in [0, 0.05) is 5.02 Å². The maximum absolute atomic E-state index is 12.1. The number of benzene rings is 1. The summed E-state index contributed by atoms with van der Waals surface area (Å²) in [6, 6.07) is 4.44. The molecule has 0 amide bonds. The van der Waals surface area contributed by atoms with Gasteiger partial charge >= 0.3 is 17.9 Å². The van der Waals surface area contributed by atoms with Gasteiger partial charge in [-0.15, -0.1) is 0 Å². The number of carbonyl (C=O) groups is 3. The van der Waals surface area contributed by atoms with Gasteiger partial charge in [0.2, 0.25) is 0 Å². The Bertz CT molecular complexity index is 617. The average molecular weight is 314 g/mol. The second-order valence-electron chi connectivity index (χ2n) is 4.28. The molecule has 0 fully saturated rings. The van der Waals surface area contributed by atoms with Crippen LogP contribution in [0.15, 0.2) is 18.2 Å². The highest BCUT2D eigenvalue weighted by Crippen LogP contribution is 2.33. The van der Waals surface area contributed by atoms with Crippen LogP contribution in [-0.4, -0.2) is 37.9 Å². The molecule has 0 aromatic heterocycles. The van der Waals surface area contributed by atoms with Gasteiger partial charge in [-0.3, -0.25) is 4.79 Å². The van der Waals surface area contributed by atoms with Gasteiger partial charge in [-0.25, -0.2) is 9.59 Å². The molecule has 0 radical (unpaired) electrons. The molecule has 21 heavy (non-hydrogen) atoms. The molecule has 0 aliphatic carbocycles. The smallest absolute Gasteiger partial charge is 0.372 e. The number of halogens is 1. The van der Waals surface area contributed by atoms with E-state index in [-0.39, 0.29) is 5.56 Å². The summed E-state index contributed by atoms with van der Waals surface area (Å²) >= 11 is 5.81. The average Bonchev–Trinajstić information content (AvgIpc) is 2.47. The first-order valence-electron chi connectivity index (χ1n) is 5.88. The summed E-state index contributed by atoms with van der Waals surface area (Å²) < 4.78 is 14.2. The number of anilines is 1. The van der Waals surface area contributed by atoms with Crippen molar-refractivity contribution in [1.29, 1.82) is 0 Å². The van der Waals surface area contributed by atoms with E-state index in [1.54, 1.807) is 0 Å². The van der Waals surface area contributed by atoms with Gasteiger partial charge in [-0.2, -0.15) is 0 Å². The van der Waals surface area contributed by atoms with E-state index < -0.39 is 30.1 Å². The molecule has 1 aliphatic heterocycles. The lowest BCUT2D eigenvalue weighted by molar-refractivity contribution is -0.167. The standard InChI is InChI=1S/C13H12ClNO6/c1-19-10(16)6-13(12(18)20-2)15-9-4-3-7(14)5-8(9)11(17)21-13/h3-5,15H,6H2,1-2H3. The molecule has 1 heterocycles. The molecule has 2 rings (SSSR count). The van der Waals surface area contributed by atoms with Crippen molar-refractivity contribution in [3.8, 4) is 0 Å². The van der Waals surface area contributed by atoms with Crippen molar-refractivity contribution >= 4 is 35.2 Å². The molecule has 1 atom stereocenters. The molecule has 1 aliphatic rings. The highest BCUT2D eigenvalue weighted by Gasteiger charge is 2.50. The Morgan fingerprint density at radius 2 is 2.05 bits per heavy atom. The summed E-state index contributed by atoms with van der Waals surface area (Å²) in [4.78, 5) is 35.5. The number of methoxy groups -OCH3 is 2. The Morgan fingerprint density at radius 3 is 2.67 bits per heavy atom. The van der Waals surface area contributed by atoms with Crippen LogP contribution in [0.1, 0.15) is 16.8 Å². The number of rotatable bonds is 3. The zero-order chi connectivity index (χ0) is 15.6. The summed E-state index contributed by atoms with van der Waals surface area (Å²) in [6.07, 6.45) is -0.524. The first kappa shape index (κ1) is 15.1. The number of hydrogen-bond acceptors (Lipinski definition) is 7. The van der Waals surface area contributed by atoms with E-state index in [2.05, 4.69) is 14.8 Å². The van der Waals surface area contributed by atoms with Crippen molar-refractivity contribution in [1.82, 2.24) is 0 Å². The summed E-state index contributed by atoms with van der Waals surface area (Å²) in [7, 11) is 2.28. The van der Waals surface area contributed by atoms with Crippen LogP contribution in [0.25, 0.3) is 0 Å². The second-order valence-corrected chi connectivity index (χ2v) is 4.71. The third-order valence-corrected chi connectivity index (χ3v) is 3.18. The molecular formula is C13H12ClNO6. The topological polar surface area (TPSA) is 90.9 Å². The van der Waals surface area contributed by atoms with E-state index in [4.69, 9.17) is 16.3 Å². The maximum Gasteiger partial charge on any atom is 0.372 e. The van der Waals surface area contributed by atoms with Crippen LogP contribution in [0.5, 0.6) is 0 Å². The minimum atomic E-state index is -1.96. The molecule has 112 valence electrons. The van der Waals surface area contributed by atoms with E-state index in [1.807, 2.05) is 0 Å². The van der Waals surface area contributed by atoms with Gasteiger partial charge < -0.3 is 19.5 Å². The molecule has 0 bridgehead atoms. The monoisotopic (exact) mass is 313 g/mol. The predicted molar refractivity (Wildman–Crippen MR) is 71.9 cm³/mol. The molecule has 1 unspecified atom stereocenters. The predicted octanol–water partition coefficient (Wildman–Crippen LogP) is 1.35. The molecular weight excluding hydrogens is 302 g/mol. The lowest BCUT2D eigenvalue weighted by Crippen LogP contribution is -2.55. The number of ether oxygens (including phenoxy) is 3. The minimum Gasteiger partial charge on any atom is -0.469 e. The molecule has 7 nitrogen and oxygen atoms in total. The fraction of sp³-hybridized carbons (Fsp3) is 0.308. The molecule has 8 heteroatoms.